The molecular formula is C18H37NO8. The summed E-state index contributed by atoms with van der Waals surface area (Å²) in [4.78, 5) is 10.7. The van der Waals surface area contributed by atoms with Gasteiger partial charge in [-0.3, -0.25) is 4.79 Å². The first kappa shape index (κ1) is 26.4. The van der Waals surface area contributed by atoms with Gasteiger partial charge in [0.2, 0.25) is 0 Å². The van der Waals surface area contributed by atoms with Crippen molar-refractivity contribution in [3.8, 4) is 0 Å². The quantitative estimate of drug-likeness (QED) is 0.240. The molecule has 0 saturated heterocycles. The number of carbonyl (C=O) groups excluding carboxylic acids is 1. The summed E-state index contributed by atoms with van der Waals surface area (Å²) < 4.78 is 37.2. The van der Waals surface area contributed by atoms with Crippen LogP contribution in [0.25, 0.3) is 0 Å². The van der Waals surface area contributed by atoms with Gasteiger partial charge in [0.15, 0.2) is 0 Å². The summed E-state index contributed by atoms with van der Waals surface area (Å²) in [6.45, 7) is 9.37. The molecule has 0 rings (SSSR count). The van der Waals surface area contributed by atoms with Gasteiger partial charge in [-0.1, -0.05) is 0 Å². The average Bonchev–Trinajstić information content (AvgIpc) is 2.65. The standard InChI is InChI=1S/C18H37NO8/c1-18(20)2-4-21-6-8-23-10-12-25-14-16-27-17-15-26-13-11-24-9-7-22-5-3-19/h2-17,19H2,1H3. The third kappa shape index (κ3) is 25.3. The Hall–Kier alpha value is -0.650. The Bertz CT molecular complexity index is 307. The van der Waals surface area contributed by atoms with Crippen molar-refractivity contribution in [1.29, 1.82) is 0 Å². The van der Waals surface area contributed by atoms with Crippen LogP contribution in [0.3, 0.4) is 0 Å². The molecular weight excluding hydrogens is 358 g/mol. The molecule has 0 amide bonds. The maximum atomic E-state index is 10.7. The Morgan fingerprint density at radius 2 is 0.778 bits per heavy atom. The highest BCUT2D eigenvalue weighted by Gasteiger charge is 1.95. The van der Waals surface area contributed by atoms with Crippen LogP contribution in [0.2, 0.25) is 0 Å². The Morgan fingerprint density at radius 1 is 0.519 bits per heavy atom. The van der Waals surface area contributed by atoms with Gasteiger partial charge in [0.1, 0.15) is 5.78 Å². The third-order valence-electron chi connectivity index (χ3n) is 3.09. The van der Waals surface area contributed by atoms with E-state index in [1.54, 1.807) is 6.92 Å². The number of rotatable bonds is 23. The molecule has 0 fully saturated rings. The minimum absolute atomic E-state index is 0.132. The van der Waals surface area contributed by atoms with Gasteiger partial charge in [-0.25, -0.2) is 0 Å². The number of hydrogen-bond donors (Lipinski definition) is 1. The predicted molar refractivity (Wildman–Crippen MR) is 100 cm³/mol. The fourth-order valence-electron chi connectivity index (χ4n) is 1.72. The number of hydrogen-bond acceptors (Lipinski definition) is 9. The van der Waals surface area contributed by atoms with Crippen LogP contribution in [0.15, 0.2) is 0 Å². The normalized spacial score (nSPS) is 11.2. The van der Waals surface area contributed by atoms with Crippen molar-refractivity contribution in [3.05, 3.63) is 0 Å². The van der Waals surface area contributed by atoms with E-state index in [-0.39, 0.29) is 5.78 Å². The van der Waals surface area contributed by atoms with Gasteiger partial charge < -0.3 is 38.9 Å². The maximum absolute atomic E-state index is 10.7. The fourth-order valence-corrected chi connectivity index (χ4v) is 1.72. The zero-order chi connectivity index (χ0) is 19.8. The summed E-state index contributed by atoms with van der Waals surface area (Å²) in [7, 11) is 0. The second kappa shape index (κ2) is 23.4. The molecule has 0 aliphatic rings. The van der Waals surface area contributed by atoms with Crippen LogP contribution in [0.4, 0.5) is 0 Å². The summed E-state index contributed by atoms with van der Waals surface area (Å²) in [5.74, 6) is 0.132. The lowest BCUT2D eigenvalue weighted by atomic mass is 10.3. The van der Waals surface area contributed by atoms with Gasteiger partial charge in [-0.2, -0.15) is 0 Å². The molecule has 0 unspecified atom stereocenters. The predicted octanol–water partition coefficient (Wildman–Crippen LogP) is 0.0404. The second-order valence-electron chi connectivity index (χ2n) is 5.53. The highest BCUT2D eigenvalue weighted by Crippen LogP contribution is 1.87. The topological polar surface area (TPSA) is 108 Å². The van der Waals surface area contributed by atoms with E-state index in [9.17, 15) is 4.79 Å². The van der Waals surface area contributed by atoms with Gasteiger partial charge in [0.05, 0.1) is 92.5 Å². The van der Waals surface area contributed by atoms with Crippen molar-refractivity contribution in [3.63, 3.8) is 0 Å². The summed E-state index contributed by atoms with van der Waals surface area (Å²) in [5.41, 5.74) is 5.30. The zero-order valence-electron chi connectivity index (χ0n) is 16.7. The Morgan fingerprint density at radius 3 is 1.04 bits per heavy atom. The molecule has 2 N–H and O–H groups in total. The molecule has 27 heavy (non-hydrogen) atoms. The van der Waals surface area contributed by atoms with Crippen molar-refractivity contribution in [2.45, 2.75) is 13.3 Å². The molecule has 0 heterocycles. The summed E-state index contributed by atoms with van der Waals surface area (Å²) >= 11 is 0. The Labute approximate surface area is 162 Å². The molecule has 0 radical (unpaired) electrons. The highest BCUT2D eigenvalue weighted by molar-refractivity contribution is 5.75. The third-order valence-corrected chi connectivity index (χ3v) is 3.09. The van der Waals surface area contributed by atoms with E-state index in [0.29, 0.717) is 105 Å². The molecule has 0 aliphatic carbocycles. The van der Waals surface area contributed by atoms with Gasteiger partial charge in [0, 0.05) is 13.0 Å². The average molecular weight is 395 g/mol. The lowest BCUT2D eigenvalue weighted by molar-refractivity contribution is -0.118. The SMILES string of the molecule is CC(=O)CCOCCOCCOCCOCCOCCOCCOCCN. The van der Waals surface area contributed by atoms with Crippen molar-refractivity contribution in [2.24, 2.45) is 5.73 Å². The molecule has 9 heteroatoms. The van der Waals surface area contributed by atoms with E-state index in [2.05, 4.69) is 0 Å². The number of ether oxygens (including phenoxy) is 7. The minimum atomic E-state index is 0.132. The van der Waals surface area contributed by atoms with Crippen LogP contribution in [0.5, 0.6) is 0 Å². The number of carbonyl (C=O) groups is 1. The fraction of sp³-hybridized carbons (Fsp3) is 0.944. The van der Waals surface area contributed by atoms with Crippen LogP contribution in [0.1, 0.15) is 13.3 Å². The van der Waals surface area contributed by atoms with Gasteiger partial charge in [0.25, 0.3) is 0 Å². The number of ketones is 1. The van der Waals surface area contributed by atoms with Crippen LogP contribution in [-0.4, -0.2) is 105 Å². The van der Waals surface area contributed by atoms with E-state index in [4.69, 9.17) is 38.9 Å². The molecule has 162 valence electrons. The summed E-state index contributed by atoms with van der Waals surface area (Å²) in [6.07, 6.45) is 0.451. The molecule has 0 aromatic rings. The molecule has 0 bridgehead atoms. The summed E-state index contributed by atoms with van der Waals surface area (Å²) in [5, 5.41) is 0. The van der Waals surface area contributed by atoms with E-state index in [1.807, 2.05) is 0 Å². The van der Waals surface area contributed by atoms with Crippen molar-refractivity contribution in [2.75, 3.05) is 99.0 Å². The highest BCUT2D eigenvalue weighted by atomic mass is 16.6. The maximum Gasteiger partial charge on any atom is 0.132 e. The van der Waals surface area contributed by atoms with Crippen LogP contribution in [-0.2, 0) is 38.0 Å². The monoisotopic (exact) mass is 395 g/mol. The van der Waals surface area contributed by atoms with Gasteiger partial charge in [-0.05, 0) is 6.92 Å². The first-order chi connectivity index (χ1) is 13.3. The first-order valence-electron chi connectivity index (χ1n) is 9.51. The Balaban J connectivity index is 2.98. The van der Waals surface area contributed by atoms with Crippen molar-refractivity contribution in [1.82, 2.24) is 0 Å². The second-order valence-corrected chi connectivity index (χ2v) is 5.53. The lowest BCUT2D eigenvalue weighted by Crippen LogP contribution is -2.15. The van der Waals surface area contributed by atoms with Crippen LogP contribution < -0.4 is 5.73 Å². The minimum Gasteiger partial charge on any atom is -0.379 e. The van der Waals surface area contributed by atoms with Crippen LogP contribution >= 0.6 is 0 Å². The van der Waals surface area contributed by atoms with Crippen molar-refractivity contribution < 1.29 is 38.0 Å². The summed E-state index contributed by atoms with van der Waals surface area (Å²) in [6, 6.07) is 0. The lowest BCUT2D eigenvalue weighted by Gasteiger charge is -2.08. The molecule has 0 aromatic carbocycles. The molecule has 9 nitrogen and oxygen atoms in total. The van der Waals surface area contributed by atoms with E-state index in [1.165, 1.54) is 0 Å². The Kier molecular flexibility index (Phi) is 22.8. The molecule has 0 aromatic heterocycles. The number of Topliss-reactive ketones (excluding diaryl/α,β-unsaturated/α-hetero) is 1. The van der Waals surface area contributed by atoms with E-state index in [0.717, 1.165) is 0 Å². The van der Waals surface area contributed by atoms with Crippen molar-refractivity contribution >= 4 is 5.78 Å². The van der Waals surface area contributed by atoms with Gasteiger partial charge in [-0.15, -0.1) is 0 Å². The van der Waals surface area contributed by atoms with E-state index < -0.39 is 0 Å². The van der Waals surface area contributed by atoms with Gasteiger partial charge >= 0.3 is 0 Å². The molecule has 0 saturated carbocycles. The van der Waals surface area contributed by atoms with Crippen LogP contribution in [0, 0.1) is 0 Å². The first-order valence-corrected chi connectivity index (χ1v) is 9.51. The largest absolute Gasteiger partial charge is 0.379 e. The molecule has 0 aliphatic heterocycles. The molecule has 0 atom stereocenters. The number of nitrogens with two attached hydrogens (primary N) is 1. The zero-order valence-corrected chi connectivity index (χ0v) is 16.7. The van der Waals surface area contributed by atoms with E-state index >= 15 is 0 Å². The molecule has 0 spiro atoms. The smallest absolute Gasteiger partial charge is 0.132 e.